The lowest BCUT2D eigenvalue weighted by Crippen LogP contribution is -2.28. The molecule has 19 heavy (non-hydrogen) atoms. The van der Waals surface area contributed by atoms with Crippen LogP contribution < -0.4 is 10.6 Å². The first-order chi connectivity index (χ1) is 9.08. The molecule has 0 saturated carbocycles. The zero-order valence-electron chi connectivity index (χ0n) is 12.3. The molecule has 3 nitrogen and oxygen atoms in total. The van der Waals surface area contributed by atoms with Crippen molar-refractivity contribution in [2.24, 2.45) is 5.92 Å². The third-order valence-electron chi connectivity index (χ3n) is 2.98. The number of carbonyl (C=O) groups is 1. The van der Waals surface area contributed by atoms with E-state index >= 15 is 0 Å². The van der Waals surface area contributed by atoms with E-state index in [1.807, 2.05) is 0 Å². The van der Waals surface area contributed by atoms with Crippen LogP contribution in [0.4, 0.5) is 0 Å². The number of rotatable bonds is 8. The predicted octanol–water partition coefficient (Wildman–Crippen LogP) is 2.64. The molecule has 0 aliphatic carbocycles. The second-order valence-corrected chi connectivity index (χ2v) is 5.45. The molecule has 0 aliphatic heterocycles. The van der Waals surface area contributed by atoms with Crippen LogP contribution in [-0.2, 0) is 11.3 Å². The van der Waals surface area contributed by atoms with Crippen LogP contribution in [-0.4, -0.2) is 19.0 Å². The zero-order valence-corrected chi connectivity index (χ0v) is 12.3. The molecular formula is C16H26N2O. The van der Waals surface area contributed by atoms with Gasteiger partial charge in [-0.15, -0.1) is 0 Å². The standard InChI is InChI=1S/C16H26N2O/c1-13(2)7-10-18-16(19)8-9-17-12-15-6-4-5-14(3)11-15/h4-6,11,13,17H,7-10,12H2,1-3H3,(H,18,19). The molecule has 1 aromatic carbocycles. The number of nitrogens with one attached hydrogen (secondary N) is 2. The Morgan fingerprint density at radius 1 is 1.26 bits per heavy atom. The summed E-state index contributed by atoms with van der Waals surface area (Å²) in [6, 6.07) is 8.41. The Hall–Kier alpha value is -1.35. The topological polar surface area (TPSA) is 41.1 Å². The van der Waals surface area contributed by atoms with Crippen LogP contribution in [0, 0.1) is 12.8 Å². The van der Waals surface area contributed by atoms with Gasteiger partial charge in [0.2, 0.25) is 5.91 Å². The van der Waals surface area contributed by atoms with Gasteiger partial charge in [-0.05, 0) is 24.8 Å². The van der Waals surface area contributed by atoms with Crippen molar-refractivity contribution < 1.29 is 4.79 Å². The SMILES string of the molecule is Cc1cccc(CNCCC(=O)NCCC(C)C)c1. The van der Waals surface area contributed by atoms with E-state index in [0.717, 1.165) is 26.1 Å². The molecule has 0 saturated heterocycles. The third-order valence-corrected chi connectivity index (χ3v) is 2.98. The maximum Gasteiger partial charge on any atom is 0.221 e. The Balaban J connectivity index is 2.08. The minimum Gasteiger partial charge on any atom is -0.356 e. The van der Waals surface area contributed by atoms with Gasteiger partial charge in [0, 0.05) is 26.1 Å². The van der Waals surface area contributed by atoms with Crippen molar-refractivity contribution in [2.45, 2.75) is 40.2 Å². The lowest BCUT2D eigenvalue weighted by atomic mass is 10.1. The highest BCUT2D eigenvalue weighted by Crippen LogP contribution is 2.03. The summed E-state index contributed by atoms with van der Waals surface area (Å²) in [7, 11) is 0. The maximum atomic E-state index is 11.5. The third kappa shape index (κ3) is 7.62. The van der Waals surface area contributed by atoms with Crippen LogP contribution in [0.2, 0.25) is 0 Å². The Morgan fingerprint density at radius 2 is 2.05 bits per heavy atom. The molecule has 0 bridgehead atoms. The first-order valence-electron chi connectivity index (χ1n) is 7.11. The Morgan fingerprint density at radius 3 is 2.74 bits per heavy atom. The molecule has 0 fully saturated rings. The number of benzene rings is 1. The van der Waals surface area contributed by atoms with Gasteiger partial charge in [-0.3, -0.25) is 4.79 Å². The van der Waals surface area contributed by atoms with Gasteiger partial charge in [-0.25, -0.2) is 0 Å². The smallest absolute Gasteiger partial charge is 0.221 e. The van der Waals surface area contributed by atoms with Crippen LogP contribution in [0.25, 0.3) is 0 Å². The van der Waals surface area contributed by atoms with E-state index in [-0.39, 0.29) is 5.91 Å². The van der Waals surface area contributed by atoms with Crippen molar-refractivity contribution in [1.29, 1.82) is 0 Å². The average Bonchev–Trinajstić information content (AvgIpc) is 2.34. The summed E-state index contributed by atoms with van der Waals surface area (Å²) in [6.45, 7) is 8.74. The molecule has 2 N–H and O–H groups in total. The van der Waals surface area contributed by atoms with Gasteiger partial charge in [0.25, 0.3) is 0 Å². The molecule has 0 spiro atoms. The van der Waals surface area contributed by atoms with E-state index in [2.05, 4.69) is 55.7 Å². The largest absolute Gasteiger partial charge is 0.356 e. The van der Waals surface area contributed by atoms with Gasteiger partial charge in [0.15, 0.2) is 0 Å². The van der Waals surface area contributed by atoms with Crippen LogP contribution in [0.1, 0.15) is 37.8 Å². The summed E-state index contributed by atoms with van der Waals surface area (Å²) < 4.78 is 0. The molecule has 3 heteroatoms. The number of carbonyl (C=O) groups excluding carboxylic acids is 1. The number of hydrogen-bond acceptors (Lipinski definition) is 2. The zero-order chi connectivity index (χ0) is 14.1. The van der Waals surface area contributed by atoms with Gasteiger partial charge in [-0.2, -0.15) is 0 Å². The summed E-state index contributed by atoms with van der Waals surface area (Å²) in [5.74, 6) is 0.775. The lowest BCUT2D eigenvalue weighted by molar-refractivity contribution is -0.121. The van der Waals surface area contributed by atoms with Crippen LogP contribution >= 0.6 is 0 Å². The second-order valence-electron chi connectivity index (χ2n) is 5.45. The summed E-state index contributed by atoms with van der Waals surface area (Å²) in [5, 5.41) is 6.24. The first-order valence-corrected chi connectivity index (χ1v) is 7.11. The number of aryl methyl sites for hydroxylation is 1. The van der Waals surface area contributed by atoms with Gasteiger partial charge >= 0.3 is 0 Å². The van der Waals surface area contributed by atoms with Gasteiger partial charge in [-0.1, -0.05) is 43.7 Å². The molecule has 0 atom stereocenters. The van der Waals surface area contributed by atoms with Crippen molar-refractivity contribution >= 4 is 5.91 Å². The van der Waals surface area contributed by atoms with Gasteiger partial charge < -0.3 is 10.6 Å². The van der Waals surface area contributed by atoms with E-state index in [1.165, 1.54) is 11.1 Å². The molecule has 1 aromatic rings. The van der Waals surface area contributed by atoms with Crippen molar-refractivity contribution in [3.05, 3.63) is 35.4 Å². The Kier molecular flexibility index (Phi) is 7.19. The van der Waals surface area contributed by atoms with E-state index in [4.69, 9.17) is 0 Å². The molecule has 0 unspecified atom stereocenters. The van der Waals surface area contributed by atoms with E-state index in [0.29, 0.717) is 12.3 Å². The Bertz CT molecular complexity index is 388. The molecule has 1 amide bonds. The van der Waals surface area contributed by atoms with Crippen molar-refractivity contribution in [1.82, 2.24) is 10.6 Å². The minimum absolute atomic E-state index is 0.136. The fourth-order valence-electron chi connectivity index (χ4n) is 1.85. The minimum atomic E-state index is 0.136. The molecule has 106 valence electrons. The first kappa shape index (κ1) is 15.7. The summed E-state index contributed by atoms with van der Waals surface area (Å²) in [4.78, 5) is 11.5. The lowest BCUT2D eigenvalue weighted by Gasteiger charge is -2.08. The molecule has 0 radical (unpaired) electrons. The number of hydrogen-bond donors (Lipinski definition) is 2. The number of amides is 1. The summed E-state index contributed by atoms with van der Waals surface area (Å²) in [5.41, 5.74) is 2.53. The summed E-state index contributed by atoms with van der Waals surface area (Å²) >= 11 is 0. The molecule has 1 rings (SSSR count). The highest BCUT2D eigenvalue weighted by Gasteiger charge is 2.01. The van der Waals surface area contributed by atoms with Gasteiger partial charge in [0.05, 0.1) is 0 Å². The van der Waals surface area contributed by atoms with E-state index in [9.17, 15) is 4.79 Å². The monoisotopic (exact) mass is 262 g/mol. The molecule has 0 aliphatic rings. The highest BCUT2D eigenvalue weighted by atomic mass is 16.1. The van der Waals surface area contributed by atoms with Crippen molar-refractivity contribution in [3.63, 3.8) is 0 Å². The second kappa shape index (κ2) is 8.70. The van der Waals surface area contributed by atoms with Crippen LogP contribution in [0.15, 0.2) is 24.3 Å². The fourth-order valence-corrected chi connectivity index (χ4v) is 1.85. The quantitative estimate of drug-likeness (QED) is 0.707. The van der Waals surface area contributed by atoms with E-state index < -0.39 is 0 Å². The highest BCUT2D eigenvalue weighted by molar-refractivity contribution is 5.75. The summed E-state index contributed by atoms with van der Waals surface area (Å²) in [6.07, 6.45) is 1.59. The Labute approximate surface area is 116 Å². The van der Waals surface area contributed by atoms with Gasteiger partial charge in [0.1, 0.15) is 0 Å². The van der Waals surface area contributed by atoms with Crippen LogP contribution in [0.5, 0.6) is 0 Å². The predicted molar refractivity (Wildman–Crippen MR) is 80.0 cm³/mol. The maximum absolute atomic E-state index is 11.5. The van der Waals surface area contributed by atoms with Crippen molar-refractivity contribution in [2.75, 3.05) is 13.1 Å². The van der Waals surface area contributed by atoms with Crippen LogP contribution in [0.3, 0.4) is 0 Å². The average molecular weight is 262 g/mol. The molecule has 0 aromatic heterocycles. The van der Waals surface area contributed by atoms with Crippen molar-refractivity contribution in [3.8, 4) is 0 Å². The normalized spacial score (nSPS) is 10.7. The molecule has 0 heterocycles. The fraction of sp³-hybridized carbons (Fsp3) is 0.562. The molecular weight excluding hydrogens is 236 g/mol. The van der Waals surface area contributed by atoms with E-state index in [1.54, 1.807) is 0 Å².